The van der Waals surface area contributed by atoms with E-state index in [1.165, 1.54) is 0 Å². The van der Waals surface area contributed by atoms with Gasteiger partial charge in [0.15, 0.2) is 5.82 Å². The Kier molecular flexibility index (Phi) is 4.78. The number of alkyl halides is 2. The zero-order valence-corrected chi connectivity index (χ0v) is 13.9. The number of benzene rings is 1. The van der Waals surface area contributed by atoms with Crippen LogP contribution >= 0.6 is 0 Å². The lowest BCUT2D eigenvalue weighted by Crippen LogP contribution is -2.26. The van der Waals surface area contributed by atoms with E-state index in [1.54, 1.807) is 41.5 Å². The molecule has 3 rings (SSSR count). The molecule has 8 heteroatoms. The zero-order chi connectivity index (χ0) is 18.0. The molecule has 1 atom stereocenters. The van der Waals surface area contributed by atoms with Crippen LogP contribution in [0.4, 0.5) is 14.5 Å². The molecule has 0 fully saturated rings. The van der Waals surface area contributed by atoms with Gasteiger partial charge in [-0.2, -0.15) is 0 Å². The first-order chi connectivity index (χ1) is 11.9. The molecule has 3 aromatic rings. The monoisotopic (exact) mass is 347 g/mol. The third-order valence-electron chi connectivity index (χ3n) is 3.86. The Labute approximate surface area is 143 Å². The fourth-order valence-corrected chi connectivity index (χ4v) is 2.70. The molecule has 1 amide bonds. The molecule has 0 aliphatic rings. The summed E-state index contributed by atoms with van der Waals surface area (Å²) in [5, 5.41) is 2.84. The lowest BCUT2D eigenvalue weighted by Gasteiger charge is -2.20. The van der Waals surface area contributed by atoms with E-state index in [-0.39, 0.29) is 11.7 Å². The third-order valence-corrected chi connectivity index (χ3v) is 3.86. The summed E-state index contributed by atoms with van der Waals surface area (Å²) in [7, 11) is 0. The Morgan fingerprint density at radius 3 is 2.80 bits per heavy atom. The average Bonchev–Trinajstić information content (AvgIpc) is 3.21. The molecule has 2 heterocycles. The number of amides is 1. The molecular weight excluding hydrogens is 328 g/mol. The van der Waals surface area contributed by atoms with Crippen LogP contribution in [0, 0.1) is 5.92 Å². The van der Waals surface area contributed by atoms with E-state index in [9.17, 15) is 13.6 Å². The molecule has 2 aromatic heterocycles. The number of carbonyl (C=O) groups is 1. The highest BCUT2D eigenvalue weighted by Crippen LogP contribution is 2.24. The van der Waals surface area contributed by atoms with Crippen molar-refractivity contribution in [2.24, 2.45) is 5.92 Å². The second-order valence-electron chi connectivity index (χ2n) is 6.30. The first kappa shape index (κ1) is 17.1. The predicted molar refractivity (Wildman–Crippen MR) is 90.4 cm³/mol. The Balaban J connectivity index is 1.82. The largest absolute Gasteiger partial charge is 0.337 e. The molecule has 0 spiro atoms. The quantitative estimate of drug-likeness (QED) is 0.709. The number of hydrogen-bond acceptors (Lipinski definition) is 3. The summed E-state index contributed by atoms with van der Waals surface area (Å²) in [6.45, 7) is 4.08. The second kappa shape index (κ2) is 7.00. The van der Waals surface area contributed by atoms with E-state index in [4.69, 9.17) is 0 Å². The first-order valence-corrected chi connectivity index (χ1v) is 8.00. The maximum absolute atomic E-state index is 12.7. The topological polar surface area (TPSA) is 75.6 Å². The van der Waals surface area contributed by atoms with Gasteiger partial charge in [-0.3, -0.25) is 4.79 Å². The fourth-order valence-electron chi connectivity index (χ4n) is 2.70. The number of fused-ring (bicyclic) bond motifs is 1. The molecule has 0 aliphatic heterocycles. The van der Waals surface area contributed by atoms with Crippen molar-refractivity contribution in [1.82, 2.24) is 19.5 Å². The number of nitrogens with zero attached hydrogens (tertiary/aromatic N) is 3. The average molecular weight is 347 g/mol. The minimum Gasteiger partial charge on any atom is -0.337 e. The number of nitrogens with one attached hydrogen (secondary N) is 2. The SMILES string of the molecule is CC(C)CC(C(=O)Nc1ccc2nc(C(F)F)[nH]c2c1)n1ccnc1. The van der Waals surface area contributed by atoms with E-state index < -0.39 is 12.5 Å². The van der Waals surface area contributed by atoms with Gasteiger partial charge in [0.05, 0.1) is 17.4 Å². The van der Waals surface area contributed by atoms with Crippen LogP contribution in [-0.4, -0.2) is 25.4 Å². The second-order valence-corrected chi connectivity index (χ2v) is 6.30. The van der Waals surface area contributed by atoms with Crippen molar-refractivity contribution < 1.29 is 13.6 Å². The van der Waals surface area contributed by atoms with E-state index in [0.717, 1.165) is 0 Å². The first-order valence-electron chi connectivity index (χ1n) is 8.00. The molecule has 0 saturated carbocycles. The van der Waals surface area contributed by atoms with Gasteiger partial charge in [0.2, 0.25) is 5.91 Å². The smallest absolute Gasteiger partial charge is 0.295 e. The maximum atomic E-state index is 12.7. The van der Waals surface area contributed by atoms with Crippen molar-refractivity contribution in [3.63, 3.8) is 0 Å². The van der Waals surface area contributed by atoms with E-state index in [2.05, 4.69) is 20.3 Å². The van der Waals surface area contributed by atoms with Crippen molar-refractivity contribution in [1.29, 1.82) is 0 Å². The van der Waals surface area contributed by atoms with Crippen LogP contribution in [0.25, 0.3) is 11.0 Å². The summed E-state index contributed by atoms with van der Waals surface area (Å²) in [4.78, 5) is 23.1. The minimum atomic E-state index is -2.66. The number of H-pyrrole nitrogens is 1. The Bertz CT molecular complexity index is 857. The summed E-state index contributed by atoms with van der Waals surface area (Å²) < 4.78 is 27.2. The summed E-state index contributed by atoms with van der Waals surface area (Å²) >= 11 is 0. The highest BCUT2D eigenvalue weighted by molar-refractivity contribution is 5.95. The molecular formula is C17H19F2N5O. The van der Waals surface area contributed by atoms with Gasteiger partial charge in [-0.05, 0) is 30.5 Å². The molecule has 1 aromatic carbocycles. The van der Waals surface area contributed by atoms with E-state index >= 15 is 0 Å². The van der Waals surface area contributed by atoms with Gasteiger partial charge >= 0.3 is 0 Å². The summed E-state index contributed by atoms with van der Waals surface area (Å²) in [6, 6.07) is 4.46. The van der Waals surface area contributed by atoms with Crippen molar-refractivity contribution in [2.75, 3.05) is 5.32 Å². The van der Waals surface area contributed by atoms with Crippen molar-refractivity contribution in [2.45, 2.75) is 32.7 Å². The van der Waals surface area contributed by atoms with Crippen molar-refractivity contribution in [3.05, 3.63) is 42.7 Å². The van der Waals surface area contributed by atoms with Gasteiger partial charge in [-0.25, -0.2) is 18.7 Å². The maximum Gasteiger partial charge on any atom is 0.295 e. The molecule has 0 radical (unpaired) electrons. The van der Waals surface area contributed by atoms with Gasteiger partial charge < -0.3 is 14.9 Å². The van der Waals surface area contributed by atoms with Crippen LogP contribution in [0.15, 0.2) is 36.9 Å². The number of halogens is 2. The van der Waals surface area contributed by atoms with E-state index in [0.29, 0.717) is 29.1 Å². The van der Waals surface area contributed by atoms with Gasteiger partial charge in [0, 0.05) is 18.1 Å². The summed E-state index contributed by atoms with van der Waals surface area (Å²) in [5.74, 6) is -0.240. The Hall–Kier alpha value is -2.77. The normalized spacial score (nSPS) is 12.9. The highest BCUT2D eigenvalue weighted by Gasteiger charge is 2.21. The zero-order valence-electron chi connectivity index (χ0n) is 13.9. The van der Waals surface area contributed by atoms with Gasteiger partial charge in [-0.1, -0.05) is 13.8 Å². The molecule has 0 bridgehead atoms. The lowest BCUT2D eigenvalue weighted by atomic mass is 10.0. The van der Waals surface area contributed by atoms with Gasteiger partial charge in [0.1, 0.15) is 6.04 Å². The predicted octanol–water partition coefficient (Wildman–Crippen LogP) is 3.92. The summed E-state index contributed by atoms with van der Waals surface area (Å²) in [5.41, 5.74) is 1.41. The number of aromatic amines is 1. The molecule has 1 unspecified atom stereocenters. The number of aromatic nitrogens is 4. The van der Waals surface area contributed by atoms with Crippen LogP contribution in [0.3, 0.4) is 0 Å². The van der Waals surface area contributed by atoms with Crippen LogP contribution in [0.2, 0.25) is 0 Å². The number of carbonyl (C=O) groups excluding carboxylic acids is 1. The molecule has 0 saturated heterocycles. The number of rotatable bonds is 6. The molecule has 132 valence electrons. The molecule has 2 N–H and O–H groups in total. The number of imidazole rings is 2. The third kappa shape index (κ3) is 3.84. The standard InChI is InChI=1S/C17H19F2N5O/c1-10(2)7-14(24-6-5-20-9-24)17(25)21-11-3-4-12-13(8-11)23-16(22-12)15(18)19/h3-6,8-10,14-15H,7H2,1-2H3,(H,21,25)(H,22,23). The lowest BCUT2D eigenvalue weighted by molar-refractivity contribution is -0.119. The highest BCUT2D eigenvalue weighted by atomic mass is 19.3. The molecule has 6 nitrogen and oxygen atoms in total. The minimum absolute atomic E-state index is 0.181. The van der Waals surface area contributed by atoms with Crippen LogP contribution in [-0.2, 0) is 4.79 Å². The van der Waals surface area contributed by atoms with Gasteiger partial charge in [-0.15, -0.1) is 0 Å². The molecule has 25 heavy (non-hydrogen) atoms. The summed E-state index contributed by atoms with van der Waals surface area (Å²) in [6.07, 6.45) is 2.98. The Morgan fingerprint density at radius 2 is 2.16 bits per heavy atom. The van der Waals surface area contributed by atoms with E-state index in [1.807, 2.05) is 13.8 Å². The van der Waals surface area contributed by atoms with Crippen molar-refractivity contribution >= 4 is 22.6 Å². The molecule has 0 aliphatic carbocycles. The van der Waals surface area contributed by atoms with Crippen LogP contribution in [0.1, 0.15) is 38.6 Å². The Morgan fingerprint density at radius 1 is 1.36 bits per heavy atom. The van der Waals surface area contributed by atoms with Crippen LogP contribution < -0.4 is 5.32 Å². The number of hydrogen-bond donors (Lipinski definition) is 2. The van der Waals surface area contributed by atoms with Crippen molar-refractivity contribution in [3.8, 4) is 0 Å². The fraction of sp³-hybridized carbons (Fsp3) is 0.353. The van der Waals surface area contributed by atoms with Crippen LogP contribution in [0.5, 0.6) is 0 Å². The van der Waals surface area contributed by atoms with Gasteiger partial charge in [0.25, 0.3) is 6.43 Å². The number of anilines is 1.